The highest BCUT2D eigenvalue weighted by atomic mass is 16.5. The van der Waals surface area contributed by atoms with Crippen LogP contribution in [0.25, 0.3) is 0 Å². The van der Waals surface area contributed by atoms with E-state index in [2.05, 4.69) is 29.2 Å². The number of rotatable bonds is 5. The van der Waals surface area contributed by atoms with Crippen molar-refractivity contribution in [3.8, 4) is 0 Å². The fraction of sp³-hybridized carbons (Fsp3) is 0.467. The van der Waals surface area contributed by atoms with E-state index < -0.39 is 6.10 Å². The van der Waals surface area contributed by atoms with Gasteiger partial charge in [-0.1, -0.05) is 48.8 Å². The molecule has 0 aliphatic rings. The first-order valence-corrected chi connectivity index (χ1v) is 6.66. The van der Waals surface area contributed by atoms with Crippen molar-refractivity contribution in [2.24, 2.45) is 0 Å². The van der Waals surface area contributed by atoms with E-state index in [4.69, 9.17) is 4.52 Å². The van der Waals surface area contributed by atoms with Crippen LogP contribution in [0.15, 0.2) is 28.8 Å². The lowest BCUT2D eigenvalue weighted by atomic mass is 10.0. The molecule has 1 aromatic heterocycles. The summed E-state index contributed by atoms with van der Waals surface area (Å²) in [6.07, 6.45) is 0.893. The maximum atomic E-state index is 9.79. The molecule has 0 saturated heterocycles. The quantitative estimate of drug-likeness (QED) is 0.898. The van der Waals surface area contributed by atoms with Crippen molar-refractivity contribution in [1.82, 2.24) is 10.1 Å². The zero-order valence-corrected chi connectivity index (χ0v) is 11.6. The highest BCUT2D eigenvalue weighted by molar-refractivity contribution is 5.24. The van der Waals surface area contributed by atoms with Gasteiger partial charge >= 0.3 is 0 Å². The van der Waals surface area contributed by atoms with E-state index in [0.717, 1.165) is 5.56 Å². The van der Waals surface area contributed by atoms with Crippen molar-refractivity contribution in [3.05, 3.63) is 47.1 Å². The zero-order valence-electron chi connectivity index (χ0n) is 11.6. The summed E-state index contributed by atoms with van der Waals surface area (Å²) >= 11 is 0. The van der Waals surface area contributed by atoms with Crippen LogP contribution in [-0.2, 0) is 6.42 Å². The first-order valence-electron chi connectivity index (χ1n) is 6.66. The summed E-state index contributed by atoms with van der Waals surface area (Å²) < 4.78 is 5.23. The van der Waals surface area contributed by atoms with Gasteiger partial charge in [-0.15, -0.1) is 0 Å². The molecule has 0 bridgehead atoms. The van der Waals surface area contributed by atoms with E-state index in [9.17, 15) is 5.11 Å². The van der Waals surface area contributed by atoms with Crippen molar-refractivity contribution in [1.29, 1.82) is 0 Å². The van der Waals surface area contributed by atoms with Gasteiger partial charge in [0.15, 0.2) is 5.82 Å². The molecule has 1 aromatic carbocycles. The number of aryl methyl sites for hydroxylation is 1. The summed E-state index contributed by atoms with van der Waals surface area (Å²) in [7, 11) is 0. The Bertz CT molecular complexity index is 536. The number of hydrogen-bond donors (Lipinski definition) is 1. The number of aliphatic hydroxyl groups is 1. The lowest BCUT2D eigenvalue weighted by Crippen LogP contribution is -2.14. The van der Waals surface area contributed by atoms with Crippen LogP contribution in [0.2, 0.25) is 0 Å². The number of nitrogens with zero attached hydrogens (tertiary/aromatic N) is 2. The second kappa shape index (κ2) is 5.97. The highest BCUT2D eigenvalue weighted by Gasteiger charge is 2.20. The SMILES string of the molecule is CCC(O)C(C)c1nc(Cc2cccc(C)c2)no1. The van der Waals surface area contributed by atoms with E-state index in [1.807, 2.05) is 26.0 Å². The Morgan fingerprint density at radius 2 is 2.16 bits per heavy atom. The van der Waals surface area contributed by atoms with E-state index in [-0.39, 0.29) is 5.92 Å². The van der Waals surface area contributed by atoms with Gasteiger partial charge in [-0.2, -0.15) is 4.98 Å². The van der Waals surface area contributed by atoms with Crippen LogP contribution in [-0.4, -0.2) is 21.4 Å². The third-order valence-corrected chi connectivity index (χ3v) is 3.31. The molecule has 0 amide bonds. The minimum Gasteiger partial charge on any atom is -0.392 e. The van der Waals surface area contributed by atoms with Crippen LogP contribution < -0.4 is 0 Å². The Balaban J connectivity index is 2.09. The number of benzene rings is 1. The molecule has 2 aromatic rings. The van der Waals surface area contributed by atoms with Crippen molar-refractivity contribution in [3.63, 3.8) is 0 Å². The van der Waals surface area contributed by atoms with Gasteiger partial charge in [-0.3, -0.25) is 0 Å². The van der Waals surface area contributed by atoms with Crippen LogP contribution in [0.4, 0.5) is 0 Å². The van der Waals surface area contributed by atoms with Gasteiger partial charge in [0.2, 0.25) is 5.89 Å². The van der Waals surface area contributed by atoms with Gasteiger partial charge in [0.25, 0.3) is 0 Å². The normalized spacial score (nSPS) is 14.3. The second-order valence-corrected chi connectivity index (χ2v) is 4.98. The minimum absolute atomic E-state index is 0.122. The lowest BCUT2D eigenvalue weighted by molar-refractivity contribution is 0.129. The van der Waals surface area contributed by atoms with Crippen molar-refractivity contribution in [2.45, 2.75) is 45.6 Å². The van der Waals surface area contributed by atoms with Crippen LogP contribution in [0, 0.1) is 6.92 Å². The largest absolute Gasteiger partial charge is 0.392 e. The molecule has 0 saturated carbocycles. The Morgan fingerprint density at radius 1 is 1.37 bits per heavy atom. The number of aliphatic hydroxyl groups excluding tert-OH is 1. The average molecular weight is 260 g/mol. The molecule has 2 atom stereocenters. The molecular formula is C15H20N2O2. The molecule has 4 heteroatoms. The standard InChI is InChI=1S/C15H20N2O2/c1-4-13(18)11(3)15-16-14(17-19-15)9-12-7-5-6-10(2)8-12/h5-8,11,13,18H,4,9H2,1-3H3. The molecule has 2 rings (SSSR count). The van der Waals surface area contributed by atoms with Gasteiger partial charge in [0.05, 0.1) is 12.0 Å². The smallest absolute Gasteiger partial charge is 0.232 e. The molecule has 2 unspecified atom stereocenters. The van der Waals surface area contributed by atoms with E-state index >= 15 is 0 Å². The maximum absolute atomic E-state index is 9.79. The van der Waals surface area contributed by atoms with Gasteiger partial charge in [0, 0.05) is 6.42 Å². The number of hydrogen-bond acceptors (Lipinski definition) is 4. The lowest BCUT2D eigenvalue weighted by Gasteiger charge is -2.11. The van der Waals surface area contributed by atoms with E-state index in [0.29, 0.717) is 24.6 Å². The molecule has 19 heavy (non-hydrogen) atoms. The first-order chi connectivity index (χ1) is 9.10. The summed E-state index contributed by atoms with van der Waals surface area (Å²) in [5.74, 6) is 1.05. The molecule has 1 heterocycles. The molecule has 102 valence electrons. The first kappa shape index (κ1) is 13.7. The molecule has 1 N–H and O–H groups in total. The summed E-state index contributed by atoms with van der Waals surface area (Å²) in [6, 6.07) is 8.24. The van der Waals surface area contributed by atoms with Gasteiger partial charge < -0.3 is 9.63 Å². The Morgan fingerprint density at radius 3 is 2.84 bits per heavy atom. The fourth-order valence-corrected chi connectivity index (χ4v) is 2.05. The van der Waals surface area contributed by atoms with Gasteiger partial charge in [-0.25, -0.2) is 0 Å². The highest BCUT2D eigenvalue weighted by Crippen LogP contribution is 2.20. The predicted octanol–water partition coefficient (Wildman–Crippen LogP) is 2.84. The Kier molecular flexibility index (Phi) is 4.32. The molecular weight excluding hydrogens is 240 g/mol. The molecule has 0 fully saturated rings. The van der Waals surface area contributed by atoms with E-state index in [1.54, 1.807) is 0 Å². The third kappa shape index (κ3) is 3.41. The summed E-state index contributed by atoms with van der Waals surface area (Å²) in [4.78, 5) is 4.37. The zero-order chi connectivity index (χ0) is 13.8. The topological polar surface area (TPSA) is 59.2 Å². The fourth-order valence-electron chi connectivity index (χ4n) is 2.05. The molecule has 0 spiro atoms. The predicted molar refractivity (Wildman–Crippen MR) is 73.0 cm³/mol. The molecule has 4 nitrogen and oxygen atoms in total. The van der Waals surface area contributed by atoms with E-state index in [1.165, 1.54) is 5.56 Å². The van der Waals surface area contributed by atoms with Crippen LogP contribution in [0.3, 0.4) is 0 Å². The monoisotopic (exact) mass is 260 g/mol. The second-order valence-electron chi connectivity index (χ2n) is 4.98. The Labute approximate surface area is 113 Å². The third-order valence-electron chi connectivity index (χ3n) is 3.31. The number of aromatic nitrogens is 2. The van der Waals surface area contributed by atoms with Crippen LogP contribution in [0.5, 0.6) is 0 Å². The molecule has 0 aliphatic carbocycles. The van der Waals surface area contributed by atoms with Crippen molar-refractivity contribution >= 4 is 0 Å². The summed E-state index contributed by atoms with van der Waals surface area (Å²) in [6.45, 7) is 5.90. The van der Waals surface area contributed by atoms with Crippen molar-refractivity contribution < 1.29 is 9.63 Å². The average Bonchev–Trinajstić information content (AvgIpc) is 2.85. The van der Waals surface area contributed by atoms with Crippen LogP contribution in [0.1, 0.15) is 49.0 Å². The van der Waals surface area contributed by atoms with Gasteiger partial charge in [0.1, 0.15) is 0 Å². The molecule has 0 aliphatic heterocycles. The maximum Gasteiger partial charge on any atom is 0.232 e. The summed E-state index contributed by atoms with van der Waals surface area (Å²) in [5.41, 5.74) is 2.38. The summed E-state index contributed by atoms with van der Waals surface area (Å²) in [5, 5.41) is 13.8. The Hall–Kier alpha value is -1.68. The van der Waals surface area contributed by atoms with Gasteiger partial charge in [-0.05, 0) is 18.9 Å². The minimum atomic E-state index is -0.438. The molecule has 0 radical (unpaired) electrons. The van der Waals surface area contributed by atoms with Crippen molar-refractivity contribution in [2.75, 3.05) is 0 Å². The van der Waals surface area contributed by atoms with Crippen LogP contribution >= 0.6 is 0 Å².